The van der Waals surface area contributed by atoms with Crippen LogP contribution in [-0.4, -0.2) is 59.1 Å². The third-order valence-corrected chi connectivity index (χ3v) is 7.69. The first kappa shape index (κ1) is 26.6. The smallest absolute Gasteiger partial charge is 0.232 e. The van der Waals surface area contributed by atoms with Crippen LogP contribution >= 0.6 is 0 Å². The number of piperazine rings is 1. The van der Waals surface area contributed by atoms with Gasteiger partial charge in [0, 0.05) is 49.2 Å². The summed E-state index contributed by atoms with van der Waals surface area (Å²) in [5.74, 6) is 1.06. The second-order valence-electron chi connectivity index (χ2n) is 8.85. The molecule has 0 radical (unpaired) electrons. The highest BCUT2D eigenvalue weighted by Crippen LogP contribution is 2.42. The predicted octanol–water partition coefficient (Wildman–Crippen LogP) is 3.97. The Hall–Kier alpha value is -3.50. The average Bonchev–Trinajstić information content (AvgIpc) is 2.89. The average molecular weight is 526 g/mol. The number of benzene rings is 2. The number of methoxy groups -OCH3 is 1. The SMILES string of the molecule is CCCS(=O)(=O)Nc1cc(-c2cc(-c3ccc(N4CCNCC4)cc3)cnc2N)cc(OCC)c1OC. The van der Waals surface area contributed by atoms with Crippen molar-refractivity contribution in [1.29, 1.82) is 0 Å². The van der Waals surface area contributed by atoms with Crippen LogP contribution in [0.2, 0.25) is 0 Å². The van der Waals surface area contributed by atoms with Crippen molar-refractivity contribution in [2.75, 3.05) is 61.0 Å². The number of rotatable bonds is 10. The first-order chi connectivity index (χ1) is 17.8. The molecule has 4 rings (SSSR count). The molecule has 1 saturated heterocycles. The lowest BCUT2D eigenvalue weighted by Gasteiger charge is -2.29. The molecule has 198 valence electrons. The van der Waals surface area contributed by atoms with Crippen LogP contribution in [0.15, 0.2) is 48.7 Å². The molecule has 0 amide bonds. The number of nitrogens with zero attached hydrogens (tertiary/aromatic N) is 2. The van der Waals surface area contributed by atoms with Crippen molar-refractivity contribution >= 4 is 27.2 Å². The third-order valence-electron chi connectivity index (χ3n) is 6.21. The van der Waals surface area contributed by atoms with Gasteiger partial charge in [-0.2, -0.15) is 0 Å². The van der Waals surface area contributed by atoms with E-state index in [1.165, 1.54) is 12.8 Å². The minimum Gasteiger partial charge on any atom is -0.491 e. The van der Waals surface area contributed by atoms with Gasteiger partial charge in [0.25, 0.3) is 0 Å². The van der Waals surface area contributed by atoms with Crippen LogP contribution in [0.5, 0.6) is 11.5 Å². The van der Waals surface area contributed by atoms with Crippen LogP contribution in [-0.2, 0) is 10.0 Å². The van der Waals surface area contributed by atoms with Crippen LogP contribution in [0.1, 0.15) is 20.3 Å². The molecule has 0 bridgehead atoms. The van der Waals surface area contributed by atoms with Gasteiger partial charge in [-0.25, -0.2) is 13.4 Å². The Morgan fingerprint density at radius 1 is 1.05 bits per heavy atom. The zero-order chi connectivity index (χ0) is 26.4. The van der Waals surface area contributed by atoms with Gasteiger partial charge in [0.1, 0.15) is 5.82 Å². The van der Waals surface area contributed by atoms with Gasteiger partial charge in [0.15, 0.2) is 11.5 Å². The van der Waals surface area contributed by atoms with Crippen molar-refractivity contribution in [3.8, 4) is 33.8 Å². The maximum atomic E-state index is 12.6. The van der Waals surface area contributed by atoms with Crippen molar-refractivity contribution in [1.82, 2.24) is 10.3 Å². The van der Waals surface area contributed by atoms with Gasteiger partial charge in [-0.15, -0.1) is 0 Å². The highest BCUT2D eigenvalue weighted by atomic mass is 32.2. The molecule has 1 aliphatic heterocycles. The van der Waals surface area contributed by atoms with Crippen molar-refractivity contribution in [3.05, 3.63) is 48.7 Å². The number of hydrogen-bond acceptors (Lipinski definition) is 8. The standard InChI is InChI=1S/C27H35N5O4S/c1-4-14-37(33,34)31-24-16-20(17-25(36-5-2)26(24)35-3)23-15-21(18-30-27(23)28)19-6-8-22(9-7-19)32-12-10-29-11-13-32/h6-9,15-18,29,31H,4-5,10-14H2,1-3H3,(H2,28,30). The predicted molar refractivity (Wildman–Crippen MR) is 150 cm³/mol. The molecule has 1 aliphatic rings. The maximum absolute atomic E-state index is 12.6. The molecule has 1 aromatic heterocycles. The molecular weight excluding hydrogens is 490 g/mol. The number of nitrogens with one attached hydrogen (secondary N) is 2. The highest BCUT2D eigenvalue weighted by molar-refractivity contribution is 7.92. The van der Waals surface area contributed by atoms with Gasteiger partial charge in [0.05, 0.1) is 25.2 Å². The number of pyridine rings is 1. The molecule has 0 spiro atoms. The van der Waals surface area contributed by atoms with Crippen molar-refractivity contribution in [2.24, 2.45) is 0 Å². The van der Waals surface area contributed by atoms with E-state index in [2.05, 4.69) is 44.2 Å². The lowest BCUT2D eigenvalue weighted by atomic mass is 10.00. The number of nitrogens with two attached hydrogens (primary N) is 1. The molecule has 10 heteroatoms. The maximum Gasteiger partial charge on any atom is 0.232 e. The van der Waals surface area contributed by atoms with E-state index in [1.54, 1.807) is 18.3 Å². The number of sulfonamides is 1. The molecule has 37 heavy (non-hydrogen) atoms. The molecule has 0 saturated carbocycles. The van der Waals surface area contributed by atoms with Gasteiger partial charge in [-0.05, 0) is 54.8 Å². The normalized spacial score (nSPS) is 13.9. The van der Waals surface area contributed by atoms with Gasteiger partial charge in [0.2, 0.25) is 10.0 Å². The van der Waals surface area contributed by atoms with Gasteiger partial charge in [-0.1, -0.05) is 19.1 Å². The number of ether oxygens (including phenoxy) is 2. The van der Waals surface area contributed by atoms with Crippen molar-refractivity contribution in [2.45, 2.75) is 20.3 Å². The molecule has 3 aromatic rings. The van der Waals surface area contributed by atoms with Crippen LogP contribution in [0.25, 0.3) is 22.3 Å². The van der Waals surface area contributed by atoms with Gasteiger partial charge < -0.3 is 25.4 Å². The summed E-state index contributed by atoms with van der Waals surface area (Å²) in [6.45, 7) is 7.98. The summed E-state index contributed by atoms with van der Waals surface area (Å²) in [4.78, 5) is 6.81. The summed E-state index contributed by atoms with van der Waals surface area (Å²) in [7, 11) is -2.08. The molecular formula is C27H35N5O4S. The largest absolute Gasteiger partial charge is 0.491 e. The Morgan fingerprint density at radius 2 is 1.78 bits per heavy atom. The summed E-state index contributed by atoms with van der Waals surface area (Å²) in [5, 5.41) is 3.37. The summed E-state index contributed by atoms with van der Waals surface area (Å²) >= 11 is 0. The highest BCUT2D eigenvalue weighted by Gasteiger charge is 2.20. The van der Waals surface area contributed by atoms with Gasteiger partial charge >= 0.3 is 0 Å². The van der Waals surface area contributed by atoms with Crippen LogP contribution in [0.4, 0.5) is 17.2 Å². The van der Waals surface area contributed by atoms with E-state index in [0.717, 1.165) is 37.3 Å². The Morgan fingerprint density at radius 3 is 2.43 bits per heavy atom. The monoisotopic (exact) mass is 525 g/mol. The van der Waals surface area contributed by atoms with E-state index in [0.29, 0.717) is 47.2 Å². The van der Waals surface area contributed by atoms with E-state index in [9.17, 15) is 8.42 Å². The minimum atomic E-state index is -3.56. The first-order valence-electron chi connectivity index (χ1n) is 12.5. The molecule has 1 fully saturated rings. The van der Waals surface area contributed by atoms with E-state index in [1.807, 2.05) is 19.9 Å². The minimum absolute atomic E-state index is 0.00648. The molecule has 0 atom stereocenters. The number of anilines is 3. The number of aromatic nitrogens is 1. The lowest BCUT2D eigenvalue weighted by molar-refractivity contribution is 0.312. The fraction of sp³-hybridized carbons (Fsp3) is 0.370. The Kier molecular flexibility index (Phi) is 8.40. The summed E-state index contributed by atoms with van der Waals surface area (Å²) in [6, 6.07) is 13.9. The zero-order valence-corrected chi connectivity index (χ0v) is 22.4. The van der Waals surface area contributed by atoms with Crippen LogP contribution in [0.3, 0.4) is 0 Å². The van der Waals surface area contributed by atoms with Crippen molar-refractivity contribution in [3.63, 3.8) is 0 Å². The molecule has 0 aliphatic carbocycles. The van der Waals surface area contributed by atoms with E-state index < -0.39 is 10.0 Å². The summed E-state index contributed by atoms with van der Waals surface area (Å²) in [6.07, 6.45) is 2.23. The second-order valence-corrected chi connectivity index (χ2v) is 10.7. The van der Waals surface area contributed by atoms with Crippen molar-refractivity contribution < 1.29 is 17.9 Å². The van der Waals surface area contributed by atoms with Crippen LogP contribution < -0.4 is 30.1 Å². The summed E-state index contributed by atoms with van der Waals surface area (Å²) < 4.78 is 39.1. The molecule has 0 unspecified atom stereocenters. The Bertz CT molecular complexity index is 1320. The Labute approximate surface area is 219 Å². The Balaban J connectivity index is 1.73. The van der Waals surface area contributed by atoms with Crippen LogP contribution in [0, 0.1) is 0 Å². The molecule has 9 nitrogen and oxygen atoms in total. The quantitative estimate of drug-likeness (QED) is 0.364. The van der Waals surface area contributed by atoms with E-state index in [4.69, 9.17) is 15.2 Å². The van der Waals surface area contributed by atoms with E-state index >= 15 is 0 Å². The van der Waals surface area contributed by atoms with E-state index in [-0.39, 0.29) is 5.75 Å². The fourth-order valence-corrected chi connectivity index (χ4v) is 5.57. The molecule has 2 heterocycles. The number of nitrogen functional groups attached to an aromatic ring is 1. The summed E-state index contributed by atoms with van der Waals surface area (Å²) in [5.41, 5.74) is 11.0. The fourth-order valence-electron chi connectivity index (χ4n) is 4.45. The third kappa shape index (κ3) is 6.26. The topological polar surface area (TPSA) is 119 Å². The molecule has 2 aromatic carbocycles. The second kappa shape index (κ2) is 11.7. The van der Waals surface area contributed by atoms with Gasteiger partial charge in [-0.3, -0.25) is 4.72 Å². The zero-order valence-electron chi connectivity index (χ0n) is 21.6. The lowest BCUT2D eigenvalue weighted by Crippen LogP contribution is -2.43. The number of hydrogen-bond donors (Lipinski definition) is 3. The molecule has 4 N–H and O–H groups in total. The first-order valence-corrected chi connectivity index (χ1v) is 14.2.